The van der Waals surface area contributed by atoms with Gasteiger partial charge in [0.2, 0.25) is 0 Å². The molecule has 3 aromatic rings. The molecule has 1 aromatic heterocycles. The van der Waals surface area contributed by atoms with Gasteiger partial charge in [-0.25, -0.2) is 9.37 Å². The predicted molar refractivity (Wildman–Crippen MR) is 73.9 cm³/mol. The standard InChI is InChI=1S/C15H10FN3O/c16-10-4-3-5-11(8-10)18-15(20)14-9-17-12-6-1-2-7-13(12)19-14/h1-9H,(H,18,20). The van der Waals surface area contributed by atoms with E-state index in [-0.39, 0.29) is 5.69 Å². The Balaban J connectivity index is 1.88. The monoisotopic (exact) mass is 267 g/mol. The van der Waals surface area contributed by atoms with Crippen molar-refractivity contribution in [2.75, 3.05) is 5.32 Å². The van der Waals surface area contributed by atoms with Crippen LogP contribution in [0.1, 0.15) is 10.5 Å². The molecule has 0 unspecified atom stereocenters. The minimum atomic E-state index is -0.422. The largest absolute Gasteiger partial charge is 0.321 e. The summed E-state index contributed by atoms with van der Waals surface area (Å²) in [6.45, 7) is 0. The Morgan fingerprint density at radius 1 is 1.05 bits per heavy atom. The van der Waals surface area contributed by atoms with Gasteiger partial charge < -0.3 is 5.32 Å². The van der Waals surface area contributed by atoms with Crippen molar-refractivity contribution in [3.8, 4) is 0 Å². The SMILES string of the molecule is O=C(Nc1cccc(F)c1)c1cnc2ccccc2n1. The summed E-state index contributed by atoms with van der Waals surface area (Å²) in [6, 6.07) is 13.0. The maximum Gasteiger partial charge on any atom is 0.275 e. The first-order chi connectivity index (χ1) is 9.72. The van der Waals surface area contributed by atoms with E-state index in [0.29, 0.717) is 11.2 Å². The molecule has 0 aliphatic heterocycles. The third-order valence-corrected chi connectivity index (χ3v) is 2.76. The molecule has 0 radical (unpaired) electrons. The number of hydrogen-bond acceptors (Lipinski definition) is 3. The van der Waals surface area contributed by atoms with Crippen LogP contribution in [0.2, 0.25) is 0 Å². The number of nitrogens with one attached hydrogen (secondary N) is 1. The highest BCUT2D eigenvalue weighted by molar-refractivity contribution is 6.03. The summed E-state index contributed by atoms with van der Waals surface area (Å²) >= 11 is 0. The van der Waals surface area contributed by atoms with Crippen LogP contribution in [0.15, 0.2) is 54.7 Å². The summed E-state index contributed by atoms with van der Waals surface area (Å²) in [5, 5.41) is 2.58. The molecule has 0 fully saturated rings. The van der Waals surface area contributed by atoms with E-state index < -0.39 is 11.7 Å². The van der Waals surface area contributed by atoms with Gasteiger partial charge in [0.1, 0.15) is 11.5 Å². The van der Waals surface area contributed by atoms with Crippen molar-refractivity contribution < 1.29 is 9.18 Å². The second-order valence-electron chi connectivity index (χ2n) is 4.21. The van der Waals surface area contributed by atoms with Gasteiger partial charge in [0.25, 0.3) is 5.91 Å². The third kappa shape index (κ3) is 2.47. The van der Waals surface area contributed by atoms with Crippen LogP contribution in [0.25, 0.3) is 11.0 Å². The van der Waals surface area contributed by atoms with E-state index in [1.165, 1.54) is 24.4 Å². The quantitative estimate of drug-likeness (QED) is 0.776. The Labute approximate surface area is 114 Å². The van der Waals surface area contributed by atoms with Crippen LogP contribution in [0, 0.1) is 5.82 Å². The lowest BCUT2D eigenvalue weighted by molar-refractivity contribution is 0.102. The van der Waals surface area contributed by atoms with E-state index in [0.717, 1.165) is 5.52 Å². The third-order valence-electron chi connectivity index (χ3n) is 2.76. The van der Waals surface area contributed by atoms with Gasteiger partial charge in [0, 0.05) is 5.69 Å². The van der Waals surface area contributed by atoms with Crippen LogP contribution >= 0.6 is 0 Å². The van der Waals surface area contributed by atoms with Crippen molar-refractivity contribution in [3.63, 3.8) is 0 Å². The highest BCUT2D eigenvalue weighted by Crippen LogP contribution is 2.12. The van der Waals surface area contributed by atoms with Crippen molar-refractivity contribution in [3.05, 3.63) is 66.2 Å². The summed E-state index contributed by atoms with van der Waals surface area (Å²) in [4.78, 5) is 20.4. The predicted octanol–water partition coefficient (Wildman–Crippen LogP) is 3.02. The molecule has 1 heterocycles. The van der Waals surface area contributed by atoms with Gasteiger partial charge in [0.05, 0.1) is 17.2 Å². The maximum atomic E-state index is 13.0. The molecule has 1 N–H and O–H groups in total. The second-order valence-corrected chi connectivity index (χ2v) is 4.21. The molecular formula is C15H10FN3O. The smallest absolute Gasteiger partial charge is 0.275 e. The summed E-state index contributed by atoms with van der Waals surface area (Å²) < 4.78 is 13.0. The van der Waals surface area contributed by atoms with Gasteiger partial charge in [-0.2, -0.15) is 0 Å². The molecule has 0 aliphatic rings. The number of anilines is 1. The van der Waals surface area contributed by atoms with Crippen LogP contribution in [-0.4, -0.2) is 15.9 Å². The van der Waals surface area contributed by atoms with Crippen LogP contribution < -0.4 is 5.32 Å². The topological polar surface area (TPSA) is 54.9 Å². The average Bonchev–Trinajstić information content (AvgIpc) is 2.47. The molecular weight excluding hydrogens is 257 g/mol. The minimum Gasteiger partial charge on any atom is -0.321 e. The number of rotatable bonds is 2. The normalized spacial score (nSPS) is 10.4. The van der Waals surface area contributed by atoms with Crippen LogP contribution in [0.5, 0.6) is 0 Å². The summed E-state index contributed by atoms with van der Waals surface area (Å²) in [5.74, 6) is -0.832. The highest BCUT2D eigenvalue weighted by Gasteiger charge is 2.09. The molecule has 1 amide bonds. The molecule has 0 saturated carbocycles. The van der Waals surface area contributed by atoms with Gasteiger partial charge >= 0.3 is 0 Å². The van der Waals surface area contributed by atoms with Crippen LogP contribution in [-0.2, 0) is 0 Å². The van der Waals surface area contributed by atoms with Gasteiger partial charge in [-0.1, -0.05) is 18.2 Å². The van der Waals surface area contributed by atoms with Crippen molar-refractivity contribution in [1.29, 1.82) is 0 Å². The van der Waals surface area contributed by atoms with Crippen molar-refractivity contribution in [1.82, 2.24) is 9.97 Å². The number of carbonyl (C=O) groups excluding carboxylic acids is 1. The Kier molecular flexibility index (Phi) is 3.09. The molecule has 0 spiro atoms. The zero-order valence-electron chi connectivity index (χ0n) is 10.4. The van der Waals surface area contributed by atoms with Crippen LogP contribution in [0.3, 0.4) is 0 Å². The molecule has 0 bridgehead atoms. The molecule has 5 heteroatoms. The zero-order chi connectivity index (χ0) is 13.9. The zero-order valence-corrected chi connectivity index (χ0v) is 10.4. The summed E-state index contributed by atoms with van der Waals surface area (Å²) in [7, 11) is 0. The number of hydrogen-bond donors (Lipinski definition) is 1. The Morgan fingerprint density at radius 2 is 1.85 bits per heavy atom. The Morgan fingerprint density at radius 3 is 2.65 bits per heavy atom. The van der Waals surface area contributed by atoms with Crippen molar-refractivity contribution in [2.45, 2.75) is 0 Å². The summed E-state index contributed by atoms with van der Waals surface area (Å²) in [5.41, 5.74) is 1.92. The fourth-order valence-electron chi connectivity index (χ4n) is 1.83. The van der Waals surface area contributed by atoms with Crippen molar-refractivity contribution in [2.24, 2.45) is 0 Å². The number of halogens is 1. The van der Waals surface area contributed by atoms with E-state index in [9.17, 15) is 9.18 Å². The molecule has 4 nitrogen and oxygen atoms in total. The first kappa shape index (κ1) is 12.2. The maximum absolute atomic E-state index is 13.0. The van der Waals surface area contributed by atoms with E-state index in [1.54, 1.807) is 12.1 Å². The van der Waals surface area contributed by atoms with Gasteiger partial charge in [-0.05, 0) is 30.3 Å². The molecule has 2 aromatic carbocycles. The lowest BCUT2D eigenvalue weighted by Crippen LogP contribution is -2.14. The van der Waals surface area contributed by atoms with Crippen molar-refractivity contribution >= 4 is 22.6 Å². The highest BCUT2D eigenvalue weighted by atomic mass is 19.1. The minimum absolute atomic E-state index is 0.188. The molecule has 20 heavy (non-hydrogen) atoms. The first-order valence-electron chi connectivity index (χ1n) is 6.01. The lowest BCUT2D eigenvalue weighted by Gasteiger charge is -2.05. The van der Waals surface area contributed by atoms with Gasteiger partial charge in [0.15, 0.2) is 0 Å². The van der Waals surface area contributed by atoms with E-state index >= 15 is 0 Å². The number of benzene rings is 2. The molecule has 3 rings (SSSR count). The number of para-hydroxylation sites is 2. The molecule has 0 atom stereocenters. The van der Waals surface area contributed by atoms with E-state index in [4.69, 9.17) is 0 Å². The van der Waals surface area contributed by atoms with Gasteiger partial charge in [-0.15, -0.1) is 0 Å². The number of carbonyl (C=O) groups is 1. The average molecular weight is 267 g/mol. The van der Waals surface area contributed by atoms with E-state index in [2.05, 4.69) is 15.3 Å². The number of nitrogens with zero attached hydrogens (tertiary/aromatic N) is 2. The molecule has 0 aliphatic carbocycles. The Hall–Kier alpha value is -2.82. The Bertz CT molecular complexity index is 789. The second kappa shape index (κ2) is 5.05. The summed E-state index contributed by atoms with van der Waals surface area (Å²) in [6.07, 6.45) is 1.40. The fourth-order valence-corrected chi connectivity index (χ4v) is 1.83. The molecule has 0 saturated heterocycles. The molecule has 98 valence electrons. The number of aromatic nitrogens is 2. The number of amides is 1. The first-order valence-corrected chi connectivity index (χ1v) is 6.01. The van der Waals surface area contributed by atoms with E-state index in [1.807, 2.05) is 18.2 Å². The lowest BCUT2D eigenvalue weighted by atomic mass is 10.2. The van der Waals surface area contributed by atoms with Crippen LogP contribution in [0.4, 0.5) is 10.1 Å². The van der Waals surface area contributed by atoms with Gasteiger partial charge in [-0.3, -0.25) is 9.78 Å². The number of fused-ring (bicyclic) bond motifs is 1. The fraction of sp³-hybridized carbons (Fsp3) is 0.